The fourth-order valence-corrected chi connectivity index (χ4v) is 5.71. The number of carbonyl (C=O) groups is 2. The van der Waals surface area contributed by atoms with Crippen molar-refractivity contribution in [1.82, 2.24) is 19.7 Å². The summed E-state index contributed by atoms with van der Waals surface area (Å²) in [5, 5.41) is 7.59. The molecule has 7 nitrogen and oxygen atoms in total. The largest absolute Gasteiger partial charge is 0.342 e. The number of aromatic nitrogens is 3. The van der Waals surface area contributed by atoms with Crippen LogP contribution in [0.25, 0.3) is 0 Å². The van der Waals surface area contributed by atoms with Crippen LogP contribution in [0, 0.1) is 42.3 Å². The van der Waals surface area contributed by atoms with Crippen LogP contribution in [0.4, 0.5) is 10.2 Å². The van der Waals surface area contributed by atoms with Gasteiger partial charge in [-0.15, -0.1) is 0 Å². The van der Waals surface area contributed by atoms with Crippen LogP contribution in [0.1, 0.15) is 59.9 Å². The molecule has 0 bridgehead atoms. The first kappa shape index (κ1) is 25.9. The fourth-order valence-electron chi connectivity index (χ4n) is 5.49. The molecule has 0 radical (unpaired) electrons. The molecule has 196 valence electrons. The van der Waals surface area contributed by atoms with Crippen molar-refractivity contribution in [3.8, 4) is 11.8 Å². The molecule has 1 aromatic carbocycles. The minimum absolute atomic E-state index is 0.00328. The number of anilines is 1. The molecule has 1 saturated carbocycles. The number of hydrogen-bond acceptors (Lipinski definition) is 4. The van der Waals surface area contributed by atoms with Crippen molar-refractivity contribution in [2.45, 2.75) is 39.7 Å². The van der Waals surface area contributed by atoms with Gasteiger partial charge in [0.25, 0.3) is 5.91 Å². The van der Waals surface area contributed by atoms with Gasteiger partial charge >= 0.3 is 0 Å². The lowest BCUT2D eigenvalue weighted by Crippen LogP contribution is -2.33. The summed E-state index contributed by atoms with van der Waals surface area (Å²) in [6.07, 6.45) is 4.77. The van der Waals surface area contributed by atoms with E-state index < -0.39 is 0 Å². The highest BCUT2D eigenvalue weighted by Gasteiger charge is 2.44. The van der Waals surface area contributed by atoms with Gasteiger partial charge in [-0.3, -0.25) is 14.3 Å². The predicted molar refractivity (Wildman–Crippen MR) is 143 cm³/mol. The topological polar surface area (TPSA) is 80.1 Å². The highest BCUT2D eigenvalue weighted by Crippen LogP contribution is 2.44. The van der Waals surface area contributed by atoms with Crippen LogP contribution in [0.3, 0.4) is 0 Å². The monoisotopic (exact) mass is 533 g/mol. The molecule has 9 heteroatoms. The lowest BCUT2D eigenvalue weighted by molar-refractivity contribution is -0.133. The maximum atomic E-state index is 13.4. The average molecular weight is 534 g/mol. The molecule has 5 rings (SSSR count). The molecule has 0 spiro atoms. The Morgan fingerprint density at radius 2 is 1.82 bits per heavy atom. The smallest absolute Gasteiger partial charge is 0.276 e. The minimum Gasteiger partial charge on any atom is -0.342 e. The summed E-state index contributed by atoms with van der Waals surface area (Å²) < 4.78 is 15.1. The first-order valence-corrected chi connectivity index (χ1v) is 13.1. The Morgan fingerprint density at radius 3 is 2.47 bits per heavy atom. The van der Waals surface area contributed by atoms with Gasteiger partial charge < -0.3 is 10.2 Å². The van der Waals surface area contributed by atoms with Gasteiger partial charge in [0.2, 0.25) is 5.91 Å². The highest BCUT2D eigenvalue weighted by molar-refractivity contribution is 6.34. The van der Waals surface area contributed by atoms with Gasteiger partial charge in [-0.1, -0.05) is 43.4 Å². The van der Waals surface area contributed by atoms with E-state index in [1.54, 1.807) is 23.0 Å². The number of hydrogen-bond donors (Lipinski definition) is 1. The predicted octanol–water partition coefficient (Wildman–Crippen LogP) is 5.10. The molecule has 2 amide bonds. The number of fused-ring (bicyclic) bond motifs is 1. The minimum atomic E-state index is -0.379. The van der Waals surface area contributed by atoms with Gasteiger partial charge in [0.15, 0.2) is 0 Å². The second kappa shape index (κ2) is 10.6. The Bertz CT molecular complexity index is 1440. The molecule has 1 aliphatic heterocycles. The number of pyridine rings is 1. The van der Waals surface area contributed by atoms with Crippen LogP contribution in [0.5, 0.6) is 0 Å². The number of nitrogens with zero attached hydrogens (tertiary/aromatic N) is 4. The Labute approximate surface area is 226 Å². The molecule has 0 unspecified atom stereocenters. The Morgan fingerprint density at radius 1 is 1.11 bits per heavy atom. The lowest BCUT2D eigenvalue weighted by atomic mass is 10.0. The number of halogens is 2. The van der Waals surface area contributed by atoms with Crippen molar-refractivity contribution < 1.29 is 14.0 Å². The third-order valence-corrected chi connectivity index (χ3v) is 7.61. The number of nitrogens with one attached hydrogen (secondary N) is 1. The van der Waals surface area contributed by atoms with Crippen molar-refractivity contribution in [3.05, 3.63) is 75.9 Å². The Hall–Kier alpha value is -3.70. The van der Waals surface area contributed by atoms with Crippen LogP contribution in [0.15, 0.2) is 42.7 Å². The van der Waals surface area contributed by atoms with Crippen molar-refractivity contribution in [1.29, 1.82) is 0 Å². The normalized spacial score (nSPS) is 20.3. The molecular formula is C29H29ClFN5O2. The standard InChI is InChI=1S/C29H29ClFN5O2/c1-17(2)29(38)35-15-21-11-24(12-22(21)16-35)36-26(25(30)14-33-36)28(37)34-27-18(3)9-20(13-32-27)8-7-19-5-4-6-23(31)10-19/h4-6,9-10,13-14,17,21-22,24H,11-12,15-16H2,1-3H3,(H,32,34,37)/t21-,22+,24+. The Balaban J connectivity index is 1.27. The zero-order chi connectivity index (χ0) is 27.0. The van der Waals surface area contributed by atoms with E-state index >= 15 is 0 Å². The number of carbonyl (C=O) groups excluding carboxylic acids is 2. The number of amides is 2. The van der Waals surface area contributed by atoms with Crippen molar-refractivity contribution in [2.24, 2.45) is 17.8 Å². The molecular weight excluding hydrogens is 505 g/mol. The summed E-state index contributed by atoms with van der Waals surface area (Å²) >= 11 is 6.42. The average Bonchev–Trinajstić information content (AvgIpc) is 3.56. The fraction of sp³-hybridized carbons (Fsp3) is 0.379. The summed E-state index contributed by atoms with van der Waals surface area (Å²) in [7, 11) is 0. The van der Waals surface area contributed by atoms with Gasteiger partial charge in [-0.2, -0.15) is 5.10 Å². The quantitative estimate of drug-likeness (QED) is 0.473. The molecule has 3 aromatic rings. The van der Waals surface area contributed by atoms with E-state index in [9.17, 15) is 14.0 Å². The zero-order valence-electron chi connectivity index (χ0n) is 21.5. The van der Waals surface area contributed by atoms with Gasteiger partial charge in [-0.25, -0.2) is 9.37 Å². The number of rotatable bonds is 4. The maximum Gasteiger partial charge on any atom is 0.276 e. The summed E-state index contributed by atoms with van der Waals surface area (Å²) in [6.45, 7) is 7.20. The number of benzene rings is 1. The molecule has 1 saturated heterocycles. The van der Waals surface area contributed by atoms with E-state index in [1.165, 1.54) is 18.3 Å². The van der Waals surface area contributed by atoms with Gasteiger partial charge in [0.1, 0.15) is 17.3 Å². The summed E-state index contributed by atoms with van der Waals surface area (Å²) in [5.74, 6) is 6.57. The third-order valence-electron chi connectivity index (χ3n) is 7.33. The molecule has 2 aliphatic rings. The Kier molecular flexibility index (Phi) is 7.22. The van der Waals surface area contributed by atoms with E-state index in [2.05, 4.69) is 27.2 Å². The summed E-state index contributed by atoms with van der Waals surface area (Å²) in [6, 6.07) is 7.94. The van der Waals surface area contributed by atoms with Crippen LogP contribution >= 0.6 is 11.6 Å². The maximum absolute atomic E-state index is 13.4. The third kappa shape index (κ3) is 5.30. The summed E-state index contributed by atoms with van der Waals surface area (Å²) in [5.41, 5.74) is 2.26. The second-order valence-corrected chi connectivity index (χ2v) is 10.8. The van der Waals surface area contributed by atoms with Crippen LogP contribution < -0.4 is 5.32 Å². The zero-order valence-corrected chi connectivity index (χ0v) is 22.3. The van der Waals surface area contributed by atoms with Crippen LogP contribution in [-0.2, 0) is 4.79 Å². The molecule has 2 fully saturated rings. The van der Waals surface area contributed by atoms with Crippen molar-refractivity contribution in [3.63, 3.8) is 0 Å². The van der Waals surface area contributed by atoms with Gasteiger partial charge in [0, 0.05) is 36.3 Å². The summed E-state index contributed by atoms with van der Waals surface area (Å²) in [4.78, 5) is 32.1. The van der Waals surface area contributed by atoms with E-state index in [1.807, 2.05) is 31.7 Å². The highest BCUT2D eigenvalue weighted by atomic mass is 35.5. The van der Waals surface area contributed by atoms with Crippen LogP contribution in [-0.4, -0.2) is 44.6 Å². The van der Waals surface area contributed by atoms with Crippen LogP contribution in [0.2, 0.25) is 5.02 Å². The molecule has 38 heavy (non-hydrogen) atoms. The van der Waals surface area contributed by atoms with E-state index in [4.69, 9.17) is 11.6 Å². The first-order chi connectivity index (χ1) is 18.2. The van der Waals surface area contributed by atoms with Gasteiger partial charge in [0.05, 0.1) is 17.3 Å². The molecule has 2 aromatic heterocycles. The SMILES string of the molecule is Cc1cc(C#Cc2cccc(F)c2)cnc1NC(=O)c1c(Cl)cnn1[C@H]1C[C@@H]2CN(C(=O)C(C)C)C[C@@H]2C1. The molecule has 3 heterocycles. The van der Waals surface area contributed by atoms with E-state index in [-0.39, 0.29) is 34.6 Å². The van der Waals surface area contributed by atoms with E-state index in [0.29, 0.717) is 34.5 Å². The van der Waals surface area contributed by atoms with Crippen molar-refractivity contribution >= 4 is 29.2 Å². The van der Waals surface area contributed by atoms with Crippen molar-refractivity contribution in [2.75, 3.05) is 18.4 Å². The molecule has 3 atom stereocenters. The number of likely N-dealkylation sites (tertiary alicyclic amines) is 1. The van der Waals surface area contributed by atoms with Gasteiger partial charge in [-0.05, 0) is 61.4 Å². The second-order valence-electron chi connectivity index (χ2n) is 10.4. The first-order valence-electron chi connectivity index (χ1n) is 12.8. The number of aryl methyl sites for hydroxylation is 1. The molecule has 1 N–H and O–H groups in total. The van der Waals surface area contributed by atoms with E-state index in [0.717, 1.165) is 31.5 Å². The molecule has 1 aliphatic carbocycles. The lowest BCUT2D eigenvalue weighted by Gasteiger charge is -2.22.